The van der Waals surface area contributed by atoms with Gasteiger partial charge in [-0.15, -0.1) is 0 Å². The van der Waals surface area contributed by atoms with E-state index in [2.05, 4.69) is 32.0 Å². The monoisotopic (exact) mass is 279 g/mol. The summed E-state index contributed by atoms with van der Waals surface area (Å²) in [6.07, 6.45) is 0. The molecule has 0 N–H and O–H groups in total. The first kappa shape index (κ1) is 14.1. The van der Waals surface area contributed by atoms with Gasteiger partial charge in [0.05, 0.1) is 27.3 Å². The Bertz CT molecular complexity index is 236. The van der Waals surface area contributed by atoms with Crippen LogP contribution in [0.25, 0.3) is 0 Å². The van der Waals surface area contributed by atoms with Gasteiger partial charge in [0.2, 0.25) is 0 Å². The molecule has 0 saturated heterocycles. The fourth-order valence-corrected chi connectivity index (χ4v) is 1.26. The zero-order chi connectivity index (χ0) is 11.8. The molecule has 0 aliphatic carbocycles. The zero-order valence-electron chi connectivity index (χ0n) is 8.79. The Kier molecular flexibility index (Phi) is 6.98. The third-order valence-electron chi connectivity index (χ3n) is 1.56. The second kappa shape index (κ2) is 7.42. The van der Waals surface area contributed by atoms with E-state index in [0.29, 0.717) is 11.0 Å². The number of esters is 2. The minimum absolute atomic E-state index is 0.0240. The largest absolute Gasteiger partial charge is 0.468 e. The van der Waals surface area contributed by atoms with Gasteiger partial charge < -0.3 is 9.47 Å². The molecule has 6 heteroatoms. The van der Waals surface area contributed by atoms with Crippen molar-refractivity contribution in [2.24, 2.45) is 0 Å². The van der Waals surface area contributed by atoms with Gasteiger partial charge in [0, 0.05) is 11.0 Å². The molecule has 86 valence electrons. The fraction of sp³-hybridized carbons (Fsp3) is 0.556. The number of ether oxygens (including phenoxy) is 2. The minimum Gasteiger partial charge on any atom is -0.468 e. The number of nitrogens with zero attached hydrogens (tertiary/aromatic N) is 1. The second-order valence-corrected chi connectivity index (χ2v) is 3.94. The molecule has 0 aromatic carbocycles. The van der Waals surface area contributed by atoms with Gasteiger partial charge in [0.25, 0.3) is 0 Å². The number of carbonyl (C=O) groups excluding carboxylic acids is 2. The summed E-state index contributed by atoms with van der Waals surface area (Å²) in [5, 5.41) is 0. The van der Waals surface area contributed by atoms with Gasteiger partial charge in [-0.2, -0.15) is 0 Å². The highest BCUT2D eigenvalue weighted by Crippen LogP contribution is 2.04. The molecule has 0 unspecified atom stereocenters. The van der Waals surface area contributed by atoms with E-state index in [1.165, 1.54) is 14.2 Å². The Morgan fingerprint density at radius 3 is 1.80 bits per heavy atom. The summed E-state index contributed by atoms with van der Waals surface area (Å²) >= 11 is 3.16. The van der Waals surface area contributed by atoms with Crippen LogP contribution < -0.4 is 0 Å². The highest BCUT2D eigenvalue weighted by molar-refractivity contribution is 9.11. The summed E-state index contributed by atoms with van der Waals surface area (Å²) in [6.45, 7) is 4.06. The maximum atomic E-state index is 11.0. The lowest BCUT2D eigenvalue weighted by Gasteiger charge is -2.18. The molecule has 0 atom stereocenters. The Balaban J connectivity index is 4.23. The van der Waals surface area contributed by atoms with Gasteiger partial charge in [0.15, 0.2) is 0 Å². The number of hydrogen-bond acceptors (Lipinski definition) is 5. The van der Waals surface area contributed by atoms with Crippen LogP contribution in [0.1, 0.15) is 0 Å². The van der Waals surface area contributed by atoms with Crippen LogP contribution in [0.3, 0.4) is 0 Å². The van der Waals surface area contributed by atoms with Gasteiger partial charge >= 0.3 is 11.9 Å². The van der Waals surface area contributed by atoms with Crippen LogP contribution in [0.15, 0.2) is 11.1 Å². The summed E-state index contributed by atoms with van der Waals surface area (Å²) < 4.78 is 9.68. The highest BCUT2D eigenvalue weighted by Gasteiger charge is 2.15. The van der Waals surface area contributed by atoms with Crippen molar-refractivity contribution in [3.63, 3.8) is 0 Å². The highest BCUT2D eigenvalue weighted by atomic mass is 79.9. The third kappa shape index (κ3) is 7.10. The second-order valence-electron chi connectivity index (χ2n) is 2.81. The minimum atomic E-state index is -0.410. The van der Waals surface area contributed by atoms with Crippen molar-refractivity contribution >= 4 is 27.9 Å². The predicted molar refractivity (Wildman–Crippen MR) is 58.5 cm³/mol. The average Bonchev–Trinajstić information content (AvgIpc) is 2.16. The van der Waals surface area contributed by atoms with Gasteiger partial charge in [-0.05, 0) is 0 Å². The third-order valence-corrected chi connectivity index (χ3v) is 1.81. The van der Waals surface area contributed by atoms with Crippen LogP contribution in [0.4, 0.5) is 0 Å². The quantitative estimate of drug-likeness (QED) is 0.665. The van der Waals surface area contributed by atoms with E-state index in [9.17, 15) is 9.59 Å². The molecule has 0 spiro atoms. The molecule has 15 heavy (non-hydrogen) atoms. The fourth-order valence-electron chi connectivity index (χ4n) is 0.905. The molecule has 0 aromatic heterocycles. The van der Waals surface area contributed by atoms with Gasteiger partial charge in [-0.1, -0.05) is 22.5 Å². The van der Waals surface area contributed by atoms with Gasteiger partial charge in [-0.25, -0.2) is 0 Å². The van der Waals surface area contributed by atoms with Crippen molar-refractivity contribution in [3.05, 3.63) is 11.1 Å². The Hall–Kier alpha value is -0.880. The van der Waals surface area contributed by atoms with E-state index >= 15 is 0 Å². The van der Waals surface area contributed by atoms with Crippen molar-refractivity contribution in [1.82, 2.24) is 4.90 Å². The zero-order valence-corrected chi connectivity index (χ0v) is 10.4. The Morgan fingerprint density at radius 1 is 1.13 bits per heavy atom. The van der Waals surface area contributed by atoms with Crippen LogP contribution in [-0.4, -0.2) is 50.7 Å². The molecule has 0 radical (unpaired) electrons. The number of halogens is 1. The average molecular weight is 280 g/mol. The molecule has 0 saturated carbocycles. The molecule has 0 amide bonds. The summed E-state index contributed by atoms with van der Waals surface area (Å²) in [4.78, 5) is 23.6. The topological polar surface area (TPSA) is 55.8 Å². The van der Waals surface area contributed by atoms with Crippen molar-refractivity contribution in [3.8, 4) is 0 Å². The van der Waals surface area contributed by atoms with Crippen molar-refractivity contribution in [1.29, 1.82) is 0 Å². The Morgan fingerprint density at radius 2 is 1.53 bits per heavy atom. The van der Waals surface area contributed by atoms with E-state index in [-0.39, 0.29) is 13.1 Å². The van der Waals surface area contributed by atoms with Crippen LogP contribution >= 0.6 is 15.9 Å². The molecular weight excluding hydrogens is 266 g/mol. The lowest BCUT2D eigenvalue weighted by Crippen LogP contribution is -2.36. The van der Waals surface area contributed by atoms with Crippen molar-refractivity contribution in [2.45, 2.75) is 0 Å². The maximum Gasteiger partial charge on any atom is 0.319 e. The molecule has 0 bridgehead atoms. The SMILES string of the molecule is C=C(Br)CN(CC(=O)OC)CC(=O)OC. The van der Waals surface area contributed by atoms with E-state index in [1.54, 1.807) is 4.90 Å². The smallest absolute Gasteiger partial charge is 0.319 e. The Labute approximate surface area is 97.1 Å². The van der Waals surface area contributed by atoms with Crippen LogP contribution in [0.5, 0.6) is 0 Å². The van der Waals surface area contributed by atoms with Crippen LogP contribution in [0, 0.1) is 0 Å². The number of rotatable bonds is 6. The van der Waals surface area contributed by atoms with Crippen molar-refractivity contribution in [2.75, 3.05) is 33.9 Å². The maximum absolute atomic E-state index is 11.0. The van der Waals surface area contributed by atoms with E-state index in [0.717, 1.165) is 0 Å². The van der Waals surface area contributed by atoms with Gasteiger partial charge in [-0.3, -0.25) is 14.5 Å². The molecule has 0 fully saturated rings. The number of methoxy groups -OCH3 is 2. The van der Waals surface area contributed by atoms with Crippen LogP contribution in [0.2, 0.25) is 0 Å². The molecule has 0 aliphatic rings. The first-order valence-corrected chi connectivity index (χ1v) is 4.98. The molecular formula is C9H14BrNO4. The lowest BCUT2D eigenvalue weighted by molar-refractivity contribution is -0.145. The summed E-state index contributed by atoms with van der Waals surface area (Å²) in [5.41, 5.74) is 0. The molecule has 0 heterocycles. The standard InChI is InChI=1S/C9H14BrNO4/c1-7(10)4-11(5-8(12)14-2)6-9(13)15-3/h1,4-6H2,2-3H3. The van der Waals surface area contributed by atoms with Gasteiger partial charge in [0.1, 0.15) is 0 Å². The van der Waals surface area contributed by atoms with E-state index < -0.39 is 11.9 Å². The molecule has 0 aromatic rings. The summed E-state index contributed by atoms with van der Waals surface area (Å²) in [7, 11) is 2.59. The molecule has 5 nitrogen and oxygen atoms in total. The van der Waals surface area contributed by atoms with E-state index in [4.69, 9.17) is 0 Å². The first-order valence-electron chi connectivity index (χ1n) is 4.18. The molecule has 0 rings (SSSR count). The molecule has 0 aliphatic heterocycles. The normalized spacial score (nSPS) is 9.87. The summed E-state index contributed by atoms with van der Waals surface area (Å²) in [6, 6.07) is 0. The lowest BCUT2D eigenvalue weighted by atomic mass is 10.4. The van der Waals surface area contributed by atoms with E-state index in [1.807, 2.05) is 0 Å². The number of hydrogen-bond donors (Lipinski definition) is 0. The predicted octanol–water partition coefficient (Wildman–Crippen LogP) is 0.543. The first-order chi connectivity index (χ1) is 6.99. The van der Waals surface area contributed by atoms with Crippen molar-refractivity contribution < 1.29 is 19.1 Å². The van der Waals surface area contributed by atoms with Crippen LogP contribution in [-0.2, 0) is 19.1 Å². The number of carbonyl (C=O) groups is 2. The summed E-state index contributed by atoms with van der Waals surface area (Å²) in [5.74, 6) is -0.819.